The topological polar surface area (TPSA) is 124 Å². The van der Waals surface area contributed by atoms with Crippen molar-refractivity contribution in [3.8, 4) is 23.7 Å². The third-order valence-corrected chi connectivity index (χ3v) is 9.60. The van der Waals surface area contributed by atoms with Gasteiger partial charge in [-0.25, -0.2) is 13.1 Å². The maximum absolute atomic E-state index is 12.4. The van der Waals surface area contributed by atoms with Crippen molar-refractivity contribution in [2.45, 2.75) is 88.7 Å². The number of fused-ring (bicyclic) bond motifs is 1. The van der Waals surface area contributed by atoms with Crippen molar-refractivity contribution < 1.29 is 28.5 Å². The highest BCUT2D eigenvalue weighted by Gasteiger charge is 2.55. The molecule has 2 fully saturated rings. The van der Waals surface area contributed by atoms with Crippen LogP contribution in [0.15, 0.2) is 59.0 Å². The van der Waals surface area contributed by atoms with E-state index in [-0.39, 0.29) is 35.6 Å². The summed E-state index contributed by atoms with van der Waals surface area (Å²) in [5.74, 6) is 11.7. The van der Waals surface area contributed by atoms with Gasteiger partial charge in [0.1, 0.15) is 0 Å². The molecule has 4 N–H and O–H groups in total. The van der Waals surface area contributed by atoms with Crippen molar-refractivity contribution in [1.29, 1.82) is 0 Å². The van der Waals surface area contributed by atoms with Crippen LogP contribution in [0.2, 0.25) is 0 Å². The largest absolute Gasteiger partial charge is 0.481 e. The number of aliphatic carboxylic acids is 1. The Morgan fingerprint density at radius 3 is 2.68 bits per heavy atom. The van der Waals surface area contributed by atoms with Gasteiger partial charge in [-0.3, -0.25) is 4.79 Å². The van der Waals surface area contributed by atoms with Gasteiger partial charge in [0.2, 0.25) is 10.0 Å². The number of hydrogen-bond acceptors (Lipinski definition) is 5. The first-order chi connectivity index (χ1) is 19.6. The molecule has 2 saturated carbocycles. The average molecular weight is 582 g/mol. The molecule has 0 amide bonds. The van der Waals surface area contributed by atoms with Gasteiger partial charge in [-0.2, -0.15) is 0 Å². The van der Waals surface area contributed by atoms with E-state index in [9.17, 15) is 23.4 Å². The van der Waals surface area contributed by atoms with Gasteiger partial charge < -0.3 is 15.3 Å². The second kappa shape index (κ2) is 15.4. The van der Waals surface area contributed by atoms with Crippen molar-refractivity contribution in [3.05, 3.63) is 54.1 Å². The first-order valence-corrected chi connectivity index (χ1v) is 15.9. The number of carboxylic acid groups (broad SMARTS) is 1. The Hall–Kier alpha value is -2.88. The maximum atomic E-state index is 12.4. The molecule has 1 aromatic rings. The minimum absolute atomic E-state index is 0.0191. The molecule has 0 bridgehead atoms. The molecular formula is C33H43NO6S. The minimum atomic E-state index is -3.55. The smallest absolute Gasteiger partial charge is 0.303 e. The Kier molecular flexibility index (Phi) is 12.2. The van der Waals surface area contributed by atoms with Crippen molar-refractivity contribution in [1.82, 2.24) is 4.72 Å². The lowest BCUT2D eigenvalue weighted by Gasteiger charge is -2.24. The molecule has 8 heteroatoms. The summed E-state index contributed by atoms with van der Waals surface area (Å²) in [5.41, 5.74) is 0.837. The van der Waals surface area contributed by atoms with Crippen LogP contribution in [-0.4, -0.2) is 48.5 Å². The van der Waals surface area contributed by atoms with Gasteiger partial charge in [-0.05, 0) is 69.4 Å². The monoisotopic (exact) mass is 581 g/mol. The molecule has 2 aliphatic rings. The van der Waals surface area contributed by atoms with Crippen molar-refractivity contribution in [3.63, 3.8) is 0 Å². The highest BCUT2D eigenvalue weighted by atomic mass is 32.2. The van der Waals surface area contributed by atoms with Gasteiger partial charge in [0.15, 0.2) is 0 Å². The molecule has 0 spiro atoms. The second-order valence-electron chi connectivity index (χ2n) is 11.2. The summed E-state index contributed by atoms with van der Waals surface area (Å²) in [6, 6.07) is 8.26. The molecule has 1 aromatic carbocycles. The lowest BCUT2D eigenvalue weighted by molar-refractivity contribution is -0.137. The second-order valence-corrected chi connectivity index (χ2v) is 13.0. The predicted molar refractivity (Wildman–Crippen MR) is 160 cm³/mol. The van der Waals surface area contributed by atoms with Crippen molar-refractivity contribution in [2.24, 2.45) is 23.2 Å². The number of sulfonamides is 1. The average Bonchev–Trinajstić information content (AvgIpc) is 3.41. The number of aliphatic hydroxyl groups is 2. The van der Waals surface area contributed by atoms with E-state index in [0.717, 1.165) is 12.8 Å². The SMILES string of the molecule is CC#CCC(C)[C@H](O)/C=C/[C@H]1[C@H](O)C[C@]2(C#CCCCNS(=O)(=O)c3ccccc3)C/C(=C/CCCC(=O)O)C[C@H]12. The molecule has 1 unspecified atom stereocenters. The number of nitrogens with one attached hydrogen (secondary N) is 1. The fraction of sp³-hybridized carbons (Fsp3) is 0.545. The third kappa shape index (κ3) is 9.31. The van der Waals surface area contributed by atoms with E-state index in [4.69, 9.17) is 5.11 Å². The van der Waals surface area contributed by atoms with Gasteiger partial charge in [0.05, 0.1) is 17.1 Å². The van der Waals surface area contributed by atoms with Crippen LogP contribution in [0, 0.1) is 46.9 Å². The summed E-state index contributed by atoms with van der Waals surface area (Å²) in [7, 11) is -3.55. The van der Waals surface area contributed by atoms with E-state index in [1.807, 2.05) is 13.0 Å². The Bertz CT molecular complexity index is 1310. The van der Waals surface area contributed by atoms with Gasteiger partial charge in [-0.1, -0.05) is 54.8 Å². The normalized spacial score (nSPS) is 26.1. The highest BCUT2D eigenvalue weighted by molar-refractivity contribution is 7.89. The summed E-state index contributed by atoms with van der Waals surface area (Å²) in [6.07, 6.45) is 9.76. The number of carboxylic acids is 1. The van der Waals surface area contributed by atoms with Crippen LogP contribution < -0.4 is 4.72 Å². The van der Waals surface area contributed by atoms with Gasteiger partial charge in [-0.15, -0.1) is 17.8 Å². The Balaban J connectivity index is 1.68. The fourth-order valence-electron chi connectivity index (χ4n) is 5.88. The van der Waals surface area contributed by atoms with Crippen LogP contribution in [0.1, 0.15) is 71.6 Å². The van der Waals surface area contributed by atoms with E-state index in [2.05, 4.69) is 34.5 Å². The Morgan fingerprint density at radius 2 is 1.98 bits per heavy atom. The molecule has 0 aromatic heterocycles. The zero-order chi connectivity index (χ0) is 29.9. The summed E-state index contributed by atoms with van der Waals surface area (Å²) < 4.78 is 27.5. The van der Waals surface area contributed by atoms with Crippen LogP contribution in [0.5, 0.6) is 0 Å². The summed E-state index contributed by atoms with van der Waals surface area (Å²) in [4.78, 5) is 11.1. The molecule has 0 saturated heterocycles. The van der Waals surface area contributed by atoms with Crippen LogP contribution >= 0.6 is 0 Å². The number of allylic oxidation sites excluding steroid dienone is 2. The first-order valence-electron chi connectivity index (χ1n) is 14.5. The molecule has 0 heterocycles. The number of aliphatic hydroxyl groups excluding tert-OH is 2. The van der Waals surface area contributed by atoms with Crippen LogP contribution in [0.4, 0.5) is 0 Å². The molecule has 6 atom stereocenters. The van der Waals surface area contributed by atoms with Crippen molar-refractivity contribution >= 4 is 16.0 Å². The quantitative estimate of drug-likeness (QED) is 0.152. The van der Waals surface area contributed by atoms with Crippen molar-refractivity contribution in [2.75, 3.05) is 6.54 Å². The lowest BCUT2D eigenvalue weighted by Crippen LogP contribution is -2.24. The van der Waals surface area contributed by atoms with E-state index in [1.54, 1.807) is 43.3 Å². The standard InChI is InChI=1S/C33H43NO6S/c1-3-4-13-25(2)30(35)19-18-28-29-22-26(14-9-10-17-32(37)38)23-33(29,24-31(28)36)20-11-6-12-21-34-41(39,40)27-15-7-5-8-16-27/h5,7-8,14-16,18-19,25,28-31,34-36H,6,9-10,12-13,17,21-24H2,1-2H3,(H,37,38)/b19-18+,26-14+/t25?,28-,29-,30-,31-,33+/m1/s1. The van der Waals surface area contributed by atoms with E-state index in [1.165, 1.54) is 5.57 Å². The van der Waals surface area contributed by atoms with Gasteiger partial charge in [0.25, 0.3) is 0 Å². The Labute approximate surface area is 245 Å². The van der Waals surface area contributed by atoms with Crippen LogP contribution in [0.3, 0.4) is 0 Å². The molecular weight excluding hydrogens is 538 g/mol. The van der Waals surface area contributed by atoms with E-state index >= 15 is 0 Å². The molecule has 2 aliphatic carbocycles. The van der Waals surface area contributed by atoms with E-state index < -0.39 is 33.6 Å². The van der Waals surface area contributed by atoms with Crippen LogP contribution in [0.25, 0.3) is 0 Å². The molecule has 0 radical (unpaired) electrons. The van der Waals surface area contributed by atoms with Gasteiger partial charge >= 0.3 is 5.97 Å². The highest BCUT2D eigenvalue weighted by Crippen LogP contribution is 2.59. The zero-order valence-corrected chi connectivity index (χ0v) is 24.9. The third-order valence-electron chi connectivity index (χ3n) is 8.12. The molecule has 3 rings (SSSR count). The zero-order valence-electron chi connectivity index (χ0n) is 24.1. The summed E-state index contributed by atoms with van der Waals surface area (Å²) in [5, 5.41) is 30.6. The molecule has 41 heavy (non-hydrogen) atoms. The first kappa shape index (κ1) is 32.6. The minimum Gasteiger partial charge on any atom is -0.481 e. The number of carbonyl (C=O) groups is 1. The molecule has 7 nitrogen and oxygen atoms in total. The number of unbranched alkanes of at least 4 members (excludes halogenated alkanes) is 2. The summed E-state index contributed by atoms with van der Waals surface area (Å²) in [6.45, 7) is 4.01. The summed E-state index contributed by atoms with van der Waals surface area (Å²) >= 11 is 0. The molecule has 222 valence electrons. The van der Waals surface area contributed by atoms with Gasteiger partial charge in [0, 0.05) is 37.1 Å². The Morgan fingerprint density at radius 1 is 1.22 bits per heavy atom. The van der Waals surface area contributed by atoms with E-state index in [0.29, 0.717) is 38.5 Å². The lowest BCUT2D eigenvalue weighted by atomic mass is 9.78. The van der Waals surface area contributed by atoms with Crippen LogP contribution in [-0.2, 0) is 14.8 Å². The number of benzene rings is 1. The number of rotatable bonds is 13. The maximum Gasteiger partial charge on any atom is 0.303 e. The molecule has 0 aliphatic heterocycles. The predicted octanol–water partition coefficient (Wildman–Crippen LogP) is 4.67. The number of hydrogen-bond donors (Lipinski definition) is 4. The fourth-order valence-corrected chi connectivity index (χ4v) is 6.97.